The number of amides is 1. The Balaban J connectivity index is 1.54. The molecule has 2 aromatic rings. The van der Waals surface area contributed by atoms with Crippen LogP contribution in [0.1, 0.15) is 44.1 Å². The molecule has 3 atom stereocenters. The van der Waals surface area contributed by atoms with Gasteiger partial charge in [-0.25, -0.2) is 32.3 Å². The van der Waals surface area contributed by atoms with Crippen molar-refractivity contribution in [3.8, 4) is 0 Å². The molecule has 1 saturated carbocycles. The molecule has 1 amide bonds. The van der Waals surface area contributed by atoms with E-state index in [9.17, 15) is 30.8 Å². The van der Waals surface area contributed by atoms with Crippen LogP contribution in [0.3, 0.4) is 0 Å². The van der Waals surface area contributed by atoms with Gasteiger partial charge in [-0.15, -0.1) is 0 Å². The third-order valence-corrected chi connectivity index (χ3v) is 7.06. The Hall–Kier alpha value is -3.04. The molecule has 204 valence electrons. The van der Waals surface area contributed by atoms with Gasteiger partial charge in [0.2, 0.25) is 16.0 Å². The maximum absolute atomic E-state index is 14.5. The van der Waals surface area contributed by atoms with Crippen molar-refractivity contribution in [2.45, 2.75) is 61.7 Å². The number of anilines is 2. The zero-order valence-electron chi connectivity index (χ0n) is 19.8. The molecule has 3 rings (SSSR count). The second-order valence-corrected chi connectivity index (χ2v) is 10.4. The largest absolute Gasteiger partial charge is 0.446 e. The summed E-state index contributed by atoms with van der Waals surface area (Å²) in [4.78, 5) is 19.9. The lowest BCUT2D eigenvalue weighted by Crippen LogP contribution is -2.37. The molecule has 1 aliphatic rings. The highest BCUT2D eigenvalue weighted by Gasteiger charge is 2.32. The summed E-state index contributed by atoms with van der Waals surface area (Å²) < 4.78 is 83.2. The van der Waals surface area contributed by atoms with E-state index in [4.69, 9.17) is 9.84 Å². The number of halogens is 4. The van der Waals surface area contributed by atoms with Crippen LogP contribution in [0.2, 0.25) is 0 Å². The Kier molecular flexibility index (Phi) is 9.26. The van der Waals surface area contributed by atoms with E-state index in [-0.39, 0.29) is 29.0 Å². The number of aliphatic hydroxyl groups is 1. The van der Waals surface area contributed by atoms with Gasteiger partial charge in [-0.05, 0) is 55.9 Å². The fourth-order valence-electron chi connectivity index (χ4n) is 3.90. The third kappa shape index (κ3) is 8.50. The van der Waals surface area contributed by atoms with Crippen molar-refractivity contribution in [3.05, 3.63) is 42.0 Å². The van der Waals surface area contributed by atoms with Gasteiger partial charge in [-0.3, -0.25) is 0 Å². The quantitative estimate of drug-likeness (QED) is 0.331. The molecule has 15 heteroatoms. The van der Waals surface area contributed by atoms with Gasteiger partial charge in [-0.2, -0.15) is 13.2 Å². The second-order valence-electron chi connectivity index (χ2n) is 8.63. The minimum atomic E-state index is -4.39. The first-order chi connectivity index (χ1) is 17.4. The van der Waals surface area contributed by atoms with Crippen molar-refractivity contribution in [2.75, 3.05) is 18.5 Å². The Morgan fingerprint density at radius 2 is 1.95 bits per heavy atom. The molecule has 1 heterocycles. The highest BCUT2D eigenvalue weighted by molar-refractivity contribution is 7.89. The molecule has 0 aliphatic heterocycles. The molecule has 0 bridgehead atoms. The summed E-state index contributed by atoms with van der Waals surface area (Å²) in [7, 11) is -3.96. The van der Waals surface area contributed by atoms with Gasteiger partial charge in [0.15, 0.2) is 0 Å². The van der Waals surface area contributed by atoms with E-state index in [0.29, 0.717) is 19.3 Å². The first-order valence-corrected chi connectivity index (χ1v) is 12.9. The maximum Gasteiger partial charge on any atom is 0.407 e. The molecule has 0 unspecified atom stereocenters. The van der Waals surface area contributed by atoms with Crippen LogP contribution in [0.25, 0.3) is 0 Å². The van der Waals surface area contributed by atoms with Crippen molar-refractivity contribution in [1.29, 1.82) is 0 Å². The van der Waals surface area contributed by atoms with E-state index in [1.165, 1.54) is 31.5 Å². The van der Waals surface area contributed by atoms with Gasteiger partial charge < -0.3 is 20.5 Å². The number of ether oxygens (including phenoxy) is 1. The number of carbonyl (C=O) groups is 1. The minimum absolute atomic E-state index is 0.0351. The SMILES string of the molecule is C[C@@H](CC(F)(F)F)NC(=O)O[C@H]1CC[C@@H](c2cnc(Nc3ccc(S(=O)(=O)NCCO)cc3F)nc2)C1. The number of nitrogens with zero attached hydrogens (tertiary/aromatic N) is 2. The van der Waals surface area contributed by atoms with Gasteiger partial charge >= 0.3 is 12.3 Å². The summed E-state index contributed by atoms with van der Waals surface area (Å²) in [5.41, 5.74) is 0.702. The third-order valence-electron chi connectivity index (χ3n) is 5.60. The lowest BCUT2D eigenvalue weighted by Gasteiger charge is -2.18. The zero-order chi connectivity index (χ0) is 27.2. The summed E-state index contributed by atoms with van der Waals surface area (Å²) in [5.74, 6) is -0.814. The second kappa shape index (κ2) is 12.0. The van der Waals surface area contributed by atoms with Crippen molar-refractivity contribution in [1.82, 2.24) is 20.0 Å². The molecule has 0 saturated heterocycles. The summed E-state index contributed by atoms with van der Waals surface area (Å²) in [5, 5.41) is 13.6. The predicted molar refractivity (Wildman–Crippen MR) is 124 cm³/mol. The Morgan fingerprint density at radius 3 is 2.57 bits per heavy atom. The van der Waals surface area contributed by atoms with Gasteiger partial charge in [0.1, 0.15) is 11.9 Å². The van der Waals surface area contributed by atoms with Crippen LogP contribution in [0.15, 0.2) is 35.5 Å². The van der Waals surface area contributed by atoms with Crippen LogP contribution in [0.5, 0.6) is 0 Å². The molecule has 10 nitrogen and oxygen atoms in total. The zero-order valence-corrected chi connectivity index (χ0v) is 20.6. The first-order valence-electron chi connectivity index (χ1n) is 11.4. The number of carbonyl (C=O) groups excluding carboxylic acids is 1. The normalized spacial score (nSPS) is 18.9. The number of hydrogen-bond donors (Lipinski definition) is 4. The van der Waals surface area contributed by atoms with Crippen molar-refractivity contribution < 1.29 is 40.6 Å². The molecular formula is C22H27F4N5O5S. The number of rotatable bonds is 10. The Labute approximate surface area is 210 Å². The minimum Gasteiger partial charge on any atom is -0.446 e. The lowest BCUT2D eigenvalue weighted by atomic mass is 10.0. The van der Waals surface area contributed by atoms with Crippen LogP contribution >= 0.6 is 0 Å². The monoisotopic (exact) mass is 549 g/mol. The molecule has 0 spiro atoms. The molecule has 4 N–H and O–H groups in total. The standard InChI is InChI=1S/C22H27F4N5O5S/c1-13(10-22(24,25)26)30-21(33)36-16-3-2-14(8-16)15-11-27-20(28-12-15)31-19-5-4-17(9-18(19)23)37(34,35)29-6-7-32/h4-5,9,11-14,16,29,32H,2-3,6-8,10H2,1H3,(H,30,33)(H,27,28,31)/t13-,14+,16-/m0/s1. The van der Waals surface area contributed by atoms with E-state index in [1.54, 1.807) is 0 Å². The number of aliphatic hydroxyl groups excluding tert-OH is 1. The van der Waals surface area contributed by atoms with E-state index in [1.807, 2.05) is 0 Å². The average molecular weight is 550 g/mol. The van der Waals surface area contributed by atoms with E-state index in [2.05, 4.69) is 25.3 Å². The summed E-state index contributed by atoms with van der Waals surface area (Å²) >= 11 is 0. The average Bonchev–Trinajstić information content (AvgIpc) is 3.26. The fourth-order valence-corrected chi connectivity index (χ4v) is 4.93. The molecule has 1 fully saturated rings. The number of benzene rings is 1. The van der Waals surface area contributed by atoms with Gasteiger partial charge in [0.05, 0.1) is 23.6 Å². The number of nitrogens with one attached hydrogen (secondary N) is 3. The van der Waals surface area contributed by atoms with Crippen LogP contribution < -0.4 is 15.4 Å². The summed E-state index contributed by atoms with van der Waals surface area (Å²) in [6.07, 6.45) is -2.21. The number of sulfonamides is 1. The predicted octanol–water partition coefficient (Wildman–Crippen LogP) is 3.33. The van der Waals surface area contributed by atoms with Crippen LogP contribution in [-0.4, -0.2) is 61.1 Å². The Bertz CT molecular complexity index is 1180. The van der Waals surface area contributed by atoms with E-state index < -0.39 is 53.3 Å². The smallest absolute Gasteiger partial charge is 0.407 e. The number of alkyl carbamates (subject to hydrolysis) is 1. The van der Waals surface area contributed by atoms with Crippen LogP contribution in [0.4, 0.5) is 34.0 Å². The first kappa shape index (κ1) is 28.5. The van der Waals surface area contributed by atoms with Gasteiger partial charge in [0, 0.05) is 25.0 Å². The summed E-state index contributed by atoms with van der Waals surface area (Å²) in [6.45, 7) is 0.646. The van der Waals surface area contributed by atoms with Crippen molar-refractivity contribution in [2.24, 2.45) is 0 Å². The molecule has 0 radical (unpaired) electrons. The van der Waals surface area contributed by atoms with Crippen LogP contribution in [0, 0.1) is 5.82 Å². The van der Waals surface area contributed by atoms with Gasteiger partial charge in [0.25, 0.3) is 0 Å². The van der Waals surface area contributed by atoms with Crippen LogP contribution in [-0.2, 0) is 14.8 Å². The van der Waals surface area contributed by atoms with Crippen molar-refractivity contribution in [3.63, 3.8) is 0 Å². The highest BCUT2D eigenvalue weighted by Crippen LogP contribution is 2.36. The van der Waals surface area contributed by atoms with E-state index in [0.717, 1.165) is 11.6 Å². The molecule has 1 aromatic heterocycles. The fraction of sp³-hybridized carbons (Fsp3) is 0.500. The van der Waals surface area contributed by atoms with E-state index >= 15 is 0 Å². The molecule has 1 aliphatic carbocycles. The molecule has 1 aromatic carbocycles. The molecular weight excluding hydrogens is 522 g/mol. The van der Waals surface area contributed by atoms with Crippen molar-refractivity contribution >= 4 is 27.8 Å². The Morgan fingerprint density at radius 1 is 1.24 bits per heavy atom. The highest BCUT2D eigenvalue weighted by atomic mass is 32.2. The van der Waals surface area contributed by atoms with Gasteiger partial charge in [-0.1, -0.05) is 0 Å². The summed E-state index contributed by atoms with van der Waals surface area (Å²) in [6, 6.07) is 2.14. The maximum atomic E-state index is 14.5. The lowest BCUT2D eigenvalue weighted by molar-refractivity contribution is -0.138. The number of aromatic nitrogens is 2. The molecule has 37 heavy (non-hydrogen) atoms. The topological polar surface area (TPSA) is 143 Å². The number of hydrogen-bond acceptors (Lipinski definition) is 8. The number of alkyl halides is 3.